The molecule has 1 heterocycles. The summed E-state index contributed by atoms with van der Waals surface area (Å²) in [4.78, 5) is 25.9. The normalized spacial score (nSPS) is 17.6. The van der Waals surface area contributed by atoms with Crippen molar-refractivity contribution < 1.29 is 19.1 Å². The number of nitrogens with zero attached hydrogens (tertiary/aromatic N) is 1. The van der Waals surface area contributed by atoms with Crippen LogP contribution in [0.1, 0.15) is 12.5 Å². The SMILES string of the molecule is COC(=O)C(C)N1C(=O)C(=Cc2ccc(OC)c(Br)c2)SC1=S. The number of carbonyl (C=O) groups excluding carboxylic acids is 2. The minimum absolute atomic E-state index is 0.301. The Morgan fingerprint density at radius 2 is 2.13 bits per heavy atom. The van der Waals surface area contributed by atoms with Crippen LogP contribution in [0.5, 0.6) is 5.75 Å². The molecule has 1 aromatic carbocycles. The zero-order chi connectivity index (χ0) is 17.1. The molecule has 1 aliphatic rings. The van der Waals surface area contributed by atoms with Crippen LogP contribution in [0.4, 0.5) is 0 Å². The fraction of sp³-hybridized carbons (Fsp3) is 0.267. The number of esters is 1. The second-order valence-corrected chi connectivity index (χ2v) is 7.17. The number of rotatable bonds is 4. The topological polar surface area (TPSA) is 55.8 Å². The molecule has 0 aromatic heterocycles. The van der Waals surface area contributed by atoms with Gasteiger partial charge in [-0.2, -0.15) is 0 Å². The third-order valence-corrected chi connectivity index (χ3v) is 5.18. The number of ether oxygens (including phenoxy) is 2. The number of halogens is 1. The summed E-state index contributed by atoms with van der Waals surface area (Å²) in [6.45, 7) is 1.59. The third kappa shape index (κ3) is 3.76. The van der Waals surface area contributed by atoms with Crippen LogP contribution in [0.3, 0.4) is 0 Å². The Morgan fingerprint density at radius 1 is 1.43 bits per heavy atom. The fourth-order valence-corrected chi connectivity index (χ4v) is 3.99. The Kier molecular flexibility index (Phi) is 5.83. The van der Waals surface area contributed by atoms with Gasteiger partial charge in [-0.3, -0.25) is 9.69 Å². The second-order valence-electron chi connectivity index (χ2n) is 4.64. The highest BCUT2D eigenvalue weighted by Crippen LogP contribution is 2.35. The van der Waals surface area contributed by atoms with Crippen molar-refractivity contribution in [3.8, 4) is 5.75 Å². The molecule has 1 fully saturated rings. The summed E-state index contributed by atoms with van der Waals surface area (Å²) in [5.41, 5.74) is 0.823. The van der Waals surface area contributed by atoms with E-state index in [-0.39, 0.29) is 5.91 Å². The average Bonchev–Trinajstić information content (AvgIpc) is 2.80. The lowest BCUT2D eigenvalue weighted by molar-refractivity contribution is -0.147. The Balaban J connectivity index is 2.28. The van der Waals surface area contributed by atoms with Crippen molar-refractivity contribution in [2.24, 2.45) is 0 Å². The number of hydrogen-bond donors (Lipinski definition) is 0. The Hall–Kier alpha value is -1.38. The lowest BCUT2D eigenvalue weighted by Crippen LogP contribution is -2.42. The molecule has 1 saturated heterocycles. The van der Waals surface area contributed by atoms with Crippen molar-refractivity contribution in [1.82, 2.24) is 4.90 Å². The van der Waals surface area contributed by atoms with Gasteiger partial charge in [-0.15, -0.1) is 0 Å². The highest BCUT2D eigenvalue weighted by molar-refractivity contribution is 9.10. The summed E-state index contributed by atoms with van der Waals surface area (Å²) < 4.78 is 11.0. The zero-order valence-corrected chi connectivity index (χ0v) is 15.9. The summed E-state index contributed by atoms with van der Waals surface area (Å²) >= 11 is 9.78. The molecule has 0 saturated carbocycles. The molecule has 1 unspecified atom stereocenters. The molecule has 1 aromatic rings. The van der Waals surface area contributed by atoms with Crippen LogP contribution in [-0.4, -0.2) is 41.4 Å². The predicted molar refractivity (Wildman–Crippen MR) is 97.2 cm³/mol. The van der Waals surface area contributed by atoms with Crippen LogP contribution >= 0.6 is 39.9 Å². The maximum absolute atomic E-state index is 12.5. The molecular weight excluding hydrogens is 402 g/mol. The van der Waals surface area contributed by atoms with Crippen LogP contribution < -0.4 is 4.74 Å². The van der Waals surface area contributed by atoms with Crippen molar-refractivity contribution in [2.45, 2.75) is 13.0 Å². The molecule has 0 spiro atoms. The van der Waals surface area contributed by atoms with Gasteiger partial charge in [-0.25, -0.2) is 4.79 Å². The Labute approximate surface area is 152 Å². The predicted octanol–water partition coefficient (Wildman–Crippen LogP) is 3.22. The molecule has 0 N–H and O–H groups in total. The van der Waals surface area contributed by atoms with Gasteiger partial charge in [0, 0.05) is 0 Å². The van der Waals surface area contributed by atoms with Gasteiger partial charge in [0.25, 0.3) is 5.91 Å². The summed E-state index contributed by atoms with van der Waals surface area (Å²) in [5, 5.41) is 0. The number of thioether (sulfide) groups is 1. The van der Waals surface area contributed by atoms with E-state index in [0.29, 0.717) is 15.0 Å². The zero-order valence-electron chi connectivity index (χ0n) is 12.7. The van der Waals surface area contributed by atoms with Crippen molar-refractivity contribution in [3.63, 3.8) is 0 Å². The van der Waals surface area contributed by atoms with E-state index in [2.05, 4.69) is 20.7 Å². The number of carbonyl (C=O) groups is 2. The van der Waals surface area contributed by atoms with Crippen molar-refractivity contribution >= 4 is 62.2 Å². The molecule has 122 valence electrons. The van der Waals surface area contributed by atoms with Gasteiger partial charge in [-0.05, 0) is 46.6 Å². The van der Waals surface area contributed by atoms with Gasteiger partial charge in [-0.1, -0.05) is 30.0 Å². The van der Waals surface area contributed by atoms with Gasteiger partial charge in [0.15, 0.2) is 0 Å². The van der Waals surface area contributed by atoms with E-state index < -0.39 is 12.0 Å². The summed E-state index contributed by atoms with van der Waals surface area (Å²) in [7, 11) is 2.86. The van der Waals surface area contributed by atoms with Crippen LogP contribution in [0.25, 0.3) is 6.08 Å². The Bertz CT molecular complexity index is 705. The minimum Gasteiger partial charge on any atom is -0.496 e. The van der Waals surface area contributed by atoms with E-state index >= 15 is 0 Å². The fourth-order valence-electron chi connectivity index (χ4n) is 2.01. The highest BCUT2D eigenvalue weighted by Gasteiger charge is 2.38. The summed E-state index contributed by atoms with van der Waals surface area (Å²) in [6, 6.07) is 4.73. The molecule has 5 nitrogen and oxygen atoms in total. The minimum atomic E-state index is -0.749. The molecule has 23 heavy (non-hydrogen) atoms. The third-order valence-electron chi connectivity index (χ3n) is 3.23. The molecule has 1 atom stereocenters. The standard InChI is InChI=1S/C15H14BrNO4S2/c1-8(14(19)21-3)17-13(18)12(23-15(17)22)7-9-4-5-11(20-2)10(16)6-9/h4-8H,1-3H3. The number of benzene rings is 1. The van der Waals surface area contributed by atoms with Gasteiger partial charge >= 0.3 is 5.97 Å². The van der Waals surface area contributed by atoms with E-state index in [1.807, 2.05) is 12.1 Å². The maximum Gasteiger partial charge on any atom is 0.328 e. The summed E-state index contributed by atoms with van der Waals surface area (Å²) in [6.07, 6.45) is 1.73. The number of methoxy groups -OCH3 is 2. The summed E-state index contributed by atoms with van der Waals surface area (Å²) in [5.74, 6) is -0.103. The average molecular weight is 416 g/mol. The van der Waals surface area contributed by atoms with Crippen molar-refractivity contribution in [2.75, 3.05) is 14.2 Å². The van der Waals surface area contributed by atoms with Crippen molar-refractivity contribution in [3.05, 3.63) is 33.1 Å². The molecule has 0 bridgehead atoms. The van der Waals surface area contributed by atoms with Gasteiger partial charge in [0.1, 0.15) is 16.1 Å². The largest absolute Gasteiger partial charge is 0.496 e. The quantitative estimate of drug-likeness (QED) is 0.427. The Morgan fingerprint density at radius 3 is 2.70 bits per heavy atom. The van der Waals surface area contributed by atoms with Gasteiger partial charge in [0.05, 0.1) is 23.6 Å². The monoisotopic (exact) mass is 415 g/mol. The number of hydrogen-bond acceptors (Lipinski definition) is 6. The van der Waals surface area contributed by atoms with Crippen LogP contribution in [0, 0.1) is 0 Å². The molecule has 1 amide bonds. The van der Waals surface area contributed by atoms with E-state index in [1.165, 1.54) is 12.0 Å². The van der Waals surface area contributed by atoms with Crippen molar-refractivity contribution in [1.29, 1.82) is 0 Å². The van der Waals surface area contributed by atoms with E-state index in [4.69, 9.17) is 17.0 Å². The van der Waals surface area contributed by atoms with E-state index in [0.717, 1.165) is 21.8 Å². The molecule has 1 aliphatic heterocycles. The number of amides is 1. The van der Waals surface area contributed by atoms with Gasteiger partial charge in [0.2, 0.25) is 0 Å². The molecule has 8 heteroatoms. The number of thiocarbonyl (C=S) groups is 1. The highest BCUT2D eigenvalue weighted by atomic mass is 79.9. The molecule has 0 aliphatic carbocycles. The first-order valence-electron chi connectivity index (χ1n) is 6.57. The van der Waals surface area contributed by atoms with E-state index in [9.17, 15) is 9.59 Å². The van der Waals surface area contributed by atoms with Crippen LogP contribution in [-0.2, 0) is 14.3 Å². The van der Waals surface area contributed by atoms with Crippen LogP contribution in [0.2, 0.25) is 0 Å². The molecule has 0 radical (unpaired) electrons. The maximum atomic E-state index is 12.5. The second kappa shape index (κ2) is 7.46. The van der Waals surface area contributed by atoms with E-state index in [1.54, 1.807) is 26.2 Å². The van der Waals surface area contributed by atoms with Gasteiger partial charge < -0.3 is 9.47 Å². The first-order chi connectivity index (χ1) is 10.9. The first kappa shape index (κ1) is 18.0. The lowest BCUT2D eigenvalue weighted by atomic mass is 10.2. The first-order valence-corrected chi connectivity index (χ1v) is 8.59. The molecular formula is C15H14BrNO4S2. The lowest BCUT2D eigenvalue weighted by Gasteiger charge is -2.20. The molecule has 2 rings (SSSR count). The smallest absolute Gasteiger partial charge is 0.328 e. The van der Waals surface area contributed by atoms with Crippen LogP contribution in [0.15, 0.2) is 27.6 Å².